The quantitative estimate of drug-likeness (QED) is 0.751. The number of esters is 1. The smallest absolute Gasteiger partial charge is 0.338 e. The number of hydrogen-bond acceptors (Lipinski definition) is 5. The van der Waals surface area contributed by atoms with Crippen molar-refractivity contribution in [2.45, 2.75) is 12.8 Å². The minimum absolute atomic E-state index is 0.323. The van der Waals surface area contributed by atoms with Gasteiger partial charge in [-0.3, -0.25) is 0 Å². The molecule has 5 heteroatoms. The summed E-state index contributed by atoms with van der Waals surface area (Å²) in [4.78, 5) is 20.3. The molecule has 0 bridgehead atoms. The molecule has 1 aliphatic heterocycles. The zero-order chi connectivity index (χ0) is 13.7. The van der Waals surface area contributed by atoms with Crippen molar-refractivity contribution in [3.8, 4) is 0 Å². The lowest BCUT2D eigenvalue weighted by atomic mass is 10.2. The number of rotatable bonds is 5. The molecule has 1 aromatic rings. The van der Waals surface area contributed by atoms with E-state index in [1.807, 2.05) is 7.05 Å². The van der Waals surface area contributed by atoms with E-state index in [1.54, 1.807) is 18.3 Å². The number of carbonyl (C=O) groups is 1. The average molecular weight is 263 g/mol. The summed E-state index contributed by atoms with van der Waals surface area (Å²) >= 11 is 0. The molecule has 2 heterocycles. The lowest BCUT2D eigenvalue weighted by molar-refractivity contribution is 0.0600. The molecule has 0 N–H and O–H groups in total. The van der Waals surface area contributed by atoms with Crippen molar-refractivity contribution >= 4 is 11.8 Å². The van der Waals surface area contributed by atoms with Crippen LogP contribution in [0.15, 0.2) is 18.3 Å². The minimum atomic E-state index is -0.323. The van der Waals surface area contributed by atoms with E-state index in [2.05, 4.69) is 14.8 Å². The number of methoxy groups -OCH3 is 1. The van der Waals surface area contributed by atoms with Crippen LogP contribution in [-0.4, -0.2) is 56.2 Å². The lowest BCUT2D eigenvalue weighted by Gasteiger charge is -2.22. The molecule has 0 radical (unpaired) electrons. The van der Waals surface area contributed by atoms with Crippen LogP contribution in [0.3, 0.4) is 0 Å². The van der Waals surface area contributed by atoms with Crippen LogP contribution in [0.5, 0.6) is 0 Å². The van der Waals surface area contributed by atoms with Gasteiger partial charge in [0, 0.05) is 26.3 Å². The van der Waals surface area contributed by atoms with E-state index in [0.29, 0.717) is 5.56 Å². The molecule has 0 aliphatic carbocycles. The Balaban J connectivity index is 1.94. The molecule has 1 saturated heterocycles. The Hall–Kier alpha value is -1.62. The number of likely N-dealkylation sites (N-methyl/N-ethyl adjacent to an activating group) is 1. The summed E-state index contributed by atoms with van der Waals surface area (Å²) in [5, 5.41) is 0. The van der Waals surface area contributed by atoms with Gasteiger partial charge in [-0.05, 0) is 38.1 Å². The van der Waals surface area contributed by atoms with Crippen LogP contribution in [-0.2, 0) is 4.74 Å². The molecule has 0 aromatic carbocycles. The molecule has 0 saturated carbocycles. The monoisotopic (exact) mass is 263 g/mol. The molecule has 1 aliphatic rings. The topological polar surface area (TPSA) is 45.7 Å². The maximum atomic E-state index is 11.5. The van der Waals surface area contributed by atoms with Crippen molar-refractivity contribution in [2.24, 2.45) is 0 Å². The Kier molecular flexibility index (Phi) is 4.74. The first-order valence-corrected chi connectivity index (χ1v) is 6.68. The largest absolute Gasteiger partial charge is 0.465 e. The number of aromatic nitrogens is 1. The highest BCUT2D eigenvalue weighted by molar-refractivity contribution is 5.90. The van der Waals surface area contributed by atoms with Crippen molar-refractivity contribution in [2.75, 3.05) is 45.2 Å². The van der Waals surface area contributed by atoms with Crippen LogP contribution in [0, 0.1) is 0 Å². The summed E-state index contributed by atoms with van der Waals surface area (Å²) in [7, 11) is 3.39. The van der Waals surface area contributed by atoms with E-state index in [9.17, 15) is 4.79 Å². The minimum Gasteiger partial charge on any atom is -0.465 e. The number of nitrogens with zero attached hydrogens (tertiary/aromatic N) is 3. The predicted molar refractivity (Wildman–Crippen MR) is 74.5 cm³/mol. The Morgan fingerprint density at radius 2 is 2.21 bits per heavy atom. The van der Waals surface area contributed by atoms with Gasteiger partial charge >= 0.3 is 5.97 Å². The van der Waals surface area contributed by atoms with Gasteiger partial charge in [0.15, 0.2) is 0 Å². The lowest BCUT2D eigenvalue weighted by Crippen LogP contribution is -2.31. The van der Waals surface area contributed by atoms with Crippen LogP contribution < -0.4 is 4.90 Å². The van der Waals surface area contributed by atoms with Gasteiger partial charge in [-0.2, -0.15) is 0 Å². The molecule has 0 unspecified atom stereocenters. The number of likely N-dealkylation sites (tertiary alicyclic amines) is 1. The molecular formula is C14H21N3O2. The summed E-state index contributed by atoms with van der Waals surface area (Å²) in [5.74, 6) is 0.485. The molecule has 1 aromatic heterocycles. The van der Waals surface area contributed by atoms with Gasteiger partial charge < -0.3 is 14.5 Å². The van der Waals surface area contributed by atoms with E-state index in [0.717, 1.165) is 18.9 Å². The fourth-order valence-corrected chi connectivity index (χ4v) is 2.28. The van der Waals surface area contributed by atoms with E-state index < -0.39 is 0 Å². The number of pyridine rings is 1. The third-order valence-corrected chi connectivity index (χ3v) is 3.51. The third kappa shape index (κ3) is 3.67. The summed E-state index contributed by atoms with van der Waals surface area (Å²) in [6.45, 7) is 4.35. The van der Waals surface area contributed by atoms with Gasteiger partial charge in [-0.1, -0.05) is 0 Å². The van der Waals surface area contributed by atoms with Crippen molar-refractivity contribution in [1.29, 1.82) is 0 Å². The first-order chi connectivity index (χ1) is 9.20. The molecule has 0 atom stereocenters. The first-order valence-electron chi connectivity index (χ1n) is 6.68. The number of anilines is 1. The third-order valence-electron chi connectivity index (χ3n) is 3.51. The zero-order valence-corrected chi connectivity index (χ0v) is 11.6. The van der Waals surface area contributed by atoms with Crippen LogP contribution in [0.4, 0.5) is 5.82 Å². The molecular weight excluding hydrogens is 242 g/mol. The molecule has 1 fully saturated rings. The molecule has 19 heavy (non-hydrogen) atoms. The number of hydrogen-bond donors (Lipinski definition) is 0. The van der Waals surface area contributed by atoms with E-state index in [1.165, 1.54) is 33.0 Å². The summed E-state index contributed by atoms with van der Waals surface area (Å²) in [6.07, 6.45) is 4.26. The van der Waals surface area contributed by atoms with Crippen LogP contribution in [0.1, 0.15) is 23.2 Å². The fraction of sp³-hybridized carbons (Fsp3) is 0.571. The zero-order valence-electron chi connectivity index (χ0n) is 11.6. The molecule has 2 rings (SSSR count). The van der Waals surface area contributed by atoms with Gasteiger partial charge in [0.05, 0.1) is 12.7 Å². The SMILES string of the molecule is COC(=O)c1ccnc(N(C)CCN2CCCC2)c1. The molecule has 0 amide bonds. The maximum Gasteiger partial charge on any atom is 0.338 e. The van der Waals surface area contributed by atoms with Crippen molar-refractivity contribution in [1.82, 2.24) is 9.88 Å². The Morgan fingerprint density at radius 1 is 1.47 bits per heavy atom. The first kappa shape index (κ1) is 13.8. The maximum absolute atomic E-state index is 11.5. The average Bonchev–Trinajstić information content (AvgIpc) is 2.97. The molecule has 5 nitrogen and oxygen atoms in total. The van der Waals surface area contributed by atoms with E-state index in [4.69, 9.17) is 4.74 Å². The number of ether oxygens (including phenoxy) is 1. The van der Waals surface area contributed by atoms with Gasteiger partial charge in [-0.25, -0.2) is 9.78 Å². The van der Waals surface area contributed by atoms with Gasteiger partial charge in [0.1, 0.15) is 5.82 Å². The van der Waals surface area contributed by atoms with Crippen molar-refractivity contribution in [3.05, 3.63) is 23.9 Å². The van der Waals surface area contributed by atoms with Gasteiger partial charge in [0.25, 0.3) is 0 Å². The van der Waals surface area contributed by atoms with Gasteiger partial charge in [0.2, 0.25) is 0 Å². The second-order valence-electron chi connectivity index (χ2n) is 4.86. The highest BCUT2D eigenvalue weighted by Crippen LogP contribution is 2.13. The summed E-state index contributed by atoms with van der Waals surface area (Å²) in [6, 6.07) is 3.44. The van der Waals surface area contributed by atoms with E-state index >= 15 is 0 Å². The van der Waals surface area contributed by atoms with Crippen LogP contribution in [0.2, 0.25) is 0 Å². The fourth-order valence-electron chi connectivity index (χ4n) is 2.28. The standard InChI is InChI=1S/C14H21N3O2/c1-16(9-10-17-7-3-4-8-17)13-11-12(5-6-15-13)14(18)19-2/h5-6,11H,3-4,7-10H2,1-2H3. The van der Waals surface area contributed by atoms with Crippen molar-refractivity contribution in [3.63, 3.8) is 0 Å². The Morgan fingerprint density at radius 3 is 2.89 bits per heavy atom. The van der Waals surface area contributed by atoms with Gasteiger partial charge in [-0.15, -0.1) is 0 Å². The Labute approximate surface area is 114 Å². The Bertz CT molecular complexity index is 430. The van der Waals surface area contributed by atoms with Crippen LogP contribution >= 0.6 is 0 Å². The second kappa shape index (κ2) is 6.52. The summed E-state index contributed by atoms with van der Waals surface area (Å²) in [5.41, 5.74) is 0.542. The highest BCUT2D eigenvalue weighted by atomic mass is 16.5. The normalized spacial score (nSPS) is 15.5. The molecule has 0 spiro atoms. The predicted octanol–water partition coefficient (Wildman–Crippen LogP) is 1.40. The highest BCUT2D eigenvalue weighted by Gasteiger charge is 2.13. The van der Waals surface area contributed by atoms with Crippen LogP contribution in [0.25, 0.3) is 0 Å². The van der Waals surface area contributed by atoms with Crippen molar-refractivity contribution < 1.29 is 9.53 Å². The molecule has 104 valence electrons. The van der Waals surface area contributed by atoms with E-state index in [-0.39, 0.29) is 5.97 Å². The second-order valence-corrected chi connectivity index (χ2v) is 4.86. The summed E-state index contributed by atoms with van der Waals surface area (Å²) < 4.78 is 4.72. The number of carbonyl (C=O) groups excluding carboxylic acids is 1.